The van der Waals surface area contributed by atoms with Crippen molar-refractivity contribution in [3.8, 4) is 0 Å². The fourth-order valence-electron chi connectivity index (χ4n) is 2.46. The van der Waals surface area contributed by atoms with E-state index in [1.54, 1.807) is 11.3 Å². The van der Waals surface area contributed by atoms with Crippen LogP contribution in [-0.4, -0.2) is 17.0 Å². The van der Waals surface area contributed by atoms with Gasteiger partial charge in [-0.25, -0.2) is 0 Å². The third kappa shape index (κ3) is 4.06. The van der Waals surface area contributed by atoms with Gasteiger partial charge >= 0.3 is 5.97 Å². The molecule has 0 aromatic carbocycles. The van der Waals surface area contributed by atoms with Gasteiger partial charge in [-0.05, 0) is 49.1 Å². The van der Waals surface area contributed by atoms with Crippen molar-refractivity contribution >= 4 is 23.2 Å². The number of rotatable bonds is 6. The molecule has 1 aliphatic carbocycles. The summed E-state index contributed by atoms with van der Waals surface area (Å²) in [4.78, 5) is 23.6. The number of unbranched alkanes of at least 4 members (excludes halogenated alkanes) is 1. The van der Waals surface area contributed by atoms with Gasteiger partial charge in [0.05, 0.1) is 6.04 Å². The monoisotopic (exact) mass is 281 g/mol. The summed E-state index contributed by atoms with van der Waals surface area (Å²) in [7, 11) is 0. The Morgan fingerprint density at radius 2 is 2.16 bits per heavy atom. The van der Waals surface area contributed by atoms with Gasteiger partial charge in [0.15, 0.2) is 0 Å². The molecule has 4 nitrogen and oxygen atoms in total. The molecule has 0 radical (unpaired) electrons. The lowest BCUT2D eigenvalue weighted by Gasteiger charge is -2.23. The number of carbonyl (C=O) groups is 2. The predicted octanol–water partition coefficient (Wildman–Crippen LogP) is 2.89. The Kier molecular flexibility index (Phi) is 4.96. The summed E-state index contributed by atoms with van der Waals surface area (Å²) >= 11 is 1.76. The average molecular weight is 281 g/mol. The van der Waals surface area contributed by atoms with Crippen molar-refractivity contribution in [1.82, 2.24) is 5.32 Å². The normalized spacial score (nSPS) is 17.8. The fourth-order valence-corrected chi connectivity index (χ4v) is 3.45. The first-order chi connectivity index (χ1) is 9.16. The second-order valence-electron chi connectivity index (χ2n) is 4.91. The number of carboxylic acids is 1. The van der Waals surface area contributed by atoms with Crippen LogP contribution in [0.3, 0.4) is 0 Å². The summed E-state index contributed by atoms with van der Waals surface area (Å²) in [5, 5.41) is 13.7. The molecule has 0 aliphatic heterocycles. The van der Waals surface area contributed by atoms with Gasteiger partial charge in [0.2, 0.25) is 5.91 Å². The molecule has 2 rings (SSSR count). The van der Waals surface area contributed by atoms with Crippen LogP contribution in [0.5, 0.6) is 0 Å². The van der Waals surface area contributed by atoms with E-state index in [0.717, 1.165) is 19.3 Å². The molecule has 1 aromatic heterocycles. The average Bonchev–Trinajstić information content (AvgIpc) is 2.84. The summed E-state index contributed by atoms with van der Waals surface area (Å²) < 4.78 is 0. The van der Waals surface area contributed by atoms with Gasteiger partial charge in [0, 0.05) is 17.7 Å². The molecule has 1 aromatic rings. The molecular weight excluding hydrogens is 262 g/mol. The molecule has 0 spiro atoms. The highest BCUT2D eigenvalue weighted by Crippen LogP contribution is 2.33. The van der Waals surface area contributed by atoms with E-state index in [1.807, 2.05) is 0 Å². The van der Waals surface area contributed by atoms with Crippen LogP contribution in [0.2, 0.25) is 0 Å². The zero-order valence-electron chi connectivity index (χ0n) is 10.9. The molecule has 0 saturated heterocycles. The Morgan fingerprint density at radius 1 is 1.37 bits per heavy atom. The van der Waals surface area contributed by atoms with Crippen LogP contribution < -0.4 is 5.32 Å². The summed E-state index contributed by atoms with van der Waals surface area (Å²) in [6.07, 6.45) is 5.02. The lowest BCUT2D eigenvalue weighted by molar-refractivity contribution is -0.137. The van der Waals surface area contributed by atoms with Crippen molar-refractivity contribution in [1.29, 1.82) is 0 Å². The Morgan fingerprint density at radius 3 is 2.95 bits per heavy atom. The first-order valence-electron chi connectivity index (χ1n) is 6.74. The molecular formula is C14H19NO3S. The molecule has 0 bridgehead atoms. The number of fused-ring (bicyclic) bond motifs is 1. The maximum Gasteiger partial charge on any atom is 0.303 e. The number of hydrogen-bond donors (Lipinski definition) is 2. The van der Waals surface area contributed by atoms with Crippen LogP contribution in [0.1, 0.15) is 55.0 Å². The number of carboxylic acid groups (broad SMARTS) is 1. The number of hydrogen-bond acceptors (Lipinski definition) is 3. The van der Waals surface area contributed by atoms with E-state index in [4.69, 9.17) is 5.11 Å². The van der Waals surface area contributed by atoms with Crippen molar-refractivity contribution in [2.75, 3.05) is 0 Å². The summed E-state index contributed by atoms with van der Waals surface area (Å²) in [6, 6.07) is 2.26. The number of aryl methyl sites for hydroxylation is 1. The molecule has 2 N–H and O–H groups in total. The lowest BCUT2D eigenvalue weighted by Crippen LogP contribution is -2.30. The Bertz CT molecular complexity index is 455. The Labute approximate surface area is 116 Å². The lowest BCUT2D eigenvalue weighted by atomic mass is 9.94. The van der Waals surface area contributed by atoms with Gasteiger partial charge in [0.1, 0.15) is 0 Å². The molecule has 104 valence electrons. The van der Waals surface area contributed by atoms with Crippen molar-refractivity contribution in [3.05, 3.63) is 21.9 Å². The first kappa shape index (κ1) is 14.1. The molecule has 1 atom stereocenters. The molecule has 1 unspecified atom stereocenters. The van der Waals surface area contributed by atoms with Crippen molar-refractivity contribution < 1.29 is 14.7 Å². The van der Waals surface area contributed by atoms with Crippen LogP contribution in [0.25, 0.3) is 0 Å². The summed E-state index contributed by atoms with van der Waals surface area (Å²) in [5.41, 5.74) is 1.27. The van der Waals surface area contributed by atoms with Gasteiger partial charge < -0.3 is 10.4 Å². The zero-order chi connectivity index (χ0) is 13.7. The Balaban J connectivity index is 1.76. The smallest absolute Gasteiger partial charge is 0.303 e. The number of aliphatic carboxylic acids is 1. The van der Waals surface area contributed by atoms with E-state index in [9.17, 15) is 9.59 Å². The third-order valence-electron chi connectivity index (χ3n) is 3.43. The first-order valence-corrected chi connectivity index (χ1v) is 7.62. The number of nitrogens with one attached hydrogen (secondary N) is 1. The minimum atomic E-state index is -0.796. The van der Waals surface area contributed by atoms with Gasteiger partial charge in [0.25, 0.3) is 0 Å². The fraction of sp³-hybridized carbons (Fsp3) is 0.571. The highest BCUT2D eigenvalue weighted by atomic mass is 32.1. The van der Waals surface area contributed by atoms with Crippen molar-refractivity contribution in [2.45, 2.75) is 51.0 Å². The highest BCUT2D eigenvalue weighted by molar-refractivity contribution is 7.10. The summed E-state index contributed by atoms with van der Waals surface area (Å²) in [5.74, 6) is -0.759. The molecule has 19 heavy (non-hydrogen) atoms. The van der Waals surface area contributed by atoms with Gasteiger partial charge in [-0.1, -0.05) is 0 Å². The van der Waals surface area contributed by atoms with E-state index in [2.05, 4.69) is 16.8 Å². The van der Waals surface area contributed by atoms with Gasteiger partial charge in [-0.15, -0.1) is 11.3 Å². The van der Waals surface area contributed by atoms with E-state index in [0.29, 0.717) is 19.3 Å². The van der Waals surface area contributed by atoms with E-state index < -0.39 is 5.97 Å². The largest absolute Gasteiger partial charge is 0.481 e. The van der Waals surface area contributed by atoms with E-state index in [-0.39, 0.29) is 18.4 Å². The van der Waals surface area contributed by atoms with Crippen LogP contribution in [-0.2, 0) is 16.0 Å². The third-order valence-corrected chi connectivity index (χ3v) is 4.43. The zero-order valence-corrected chi connectivity index (χ0v) is 11.7. The van der Waals surface area contributed by atoms with Gasteiger partial charge in [-0.3, -0.25) is 9.59 Å². The number of thiophene rings is 1. The highest BCUT2D eigenvalue weighted by Gasteiger charge is 2.22. The minimum Gasteiger partial charge on any atom is -0.481 e. The SMILES string of the molecule is O=C(O)CCCCC(=O)NC1CCCc2sccc21. The molecule has 1 heterocycles. The maximum absolute atomic E-state index is 11.8. The Hall–Kier alpha value is -1.36. The van der Waals surface area contributed by atoms with E-state index in [1.165, 1.54) is 10.4 Å². The van der Waals surface area contributed by atoms with Crippen molar-refractivity contribution in [2.24, 2.45) is 0 Å². The van der Waals surface area contributed by atoms with Crippen LogP contribution in [0.4, 0.5) is 0 Å². The summed E-state index contributed by atoms with van der Waals surface area (Å²) in [6.45, 7) is 0. The van der Waals surface area contributed by atoms with Gasteiger partial charge in [-0.2, -0.15) is 0 Å². The van der Waals surface area contributed by atoms with Crippen LogP contribution in [0, 0.1) is 0 Å². The second-order valence-corrected chi connectivity index (χ2v) is 5.91. The molecule has 1 aliphatic rings. The molecule has 5 heteroatoms. The predicted molar refractivity (Wildman–Crippen MR) is 74.2 cm³/mol. The maximum atomic E-state index is 11.8. The minimum absolute atomic E-state index is 0.0365. The molecule has 0 saturated carbocycles. The molecule has 0 fully saturated rings. The topological polar surface area (TPSA) is 66.4 Å². The van der Waals surface area contributed by atoms with Crippen LogP contribution >= 0.6 is 11.3 Å². The van der Waals surface area contributed by atoms with E-state index >= 15 is 0 Å². The molecule has 1 amide bonds. The number of carbonyl (C=O) groups excluding carboxylic acids is 1. The second kappa shape index (κ2) is 6.70. The standard InChI is InChI=1S/C14H19NO3S/c16-13(6-1-2-7-14(17)18)15-11-4-3-5-12-10(11)8-9-19-12/h8-9,11H,1-7H2,(H,15,16)(H,17,18). The number of amides is 1. The quantitative estimate of drug-likeness (QED) is 0.788. The van der Waals surface area contributed by atoms with Crippen molar-refractivity contribution in [3.63, 3.8) is 0 Å². The van der Waals surface area contributed by atoms with Crippen LogP contribution in [0.15, 0.2) is 11.4 Å².